The molecule has 0 aromatic heterocycles. The molecule has 20 nitrogen and oxygen atoms in total. The van der Waals surface area contributed by atoms with Crippen molar-refractivity contribution >= 4 is 5.97 Å². The summed E-state index contributed by atoms with van der Waals surface area (Å²) in [7, 11) is 1.69. The number of allylic oxidation sites excluding steroid dienone is 1. The molecule has 0 aromatic rings. The monoisotopic (exact) mass is 975 g/mol. The van der Waals surface area contributed by atoms with Crippen LogP contribution in [0.25, 0.3) is 0 Å². The summed E-state index contributed by atoms with van der Waals surface area (Å²) < 4.78 is 55.1. The Kier molecular flexibility index (Phi) is 15.9. The van der Waals surface area contributed by atoms with Crippen LogP contribution >= 0.6 is 0 Å². The van der Waals surface area contributed by atoms with Crippen molar-refractivity contribution in [1.82, 2.24) is 0 Å². The van der Waals surface area contributed by atoms with Gasteiger partial charge in [-0.1, -0.05) is 39.3 Å². The first kappa shape index (κ1) is 52.8. The number of aliphatic hydroxyl groups is 10. The number of aliphatic hydroxyl groups excluding tert-OH is 10. The van der Waals surface area contributed by atoms with Gasteiger partial charge in [0.2, 0.25) is 0 Å². The largest absolute Gasteiger partial charge is 0.463 e. The molecule has 20 heteroatoms. The van der Waals surface area contributed by atoms with Crippen molar-refractivity contribution in [2.24, 2.45) is 46.3 Å². The van der Waals surface area contributed by atoms with Crippen molar-refractivity contribution in [3.63, 3.8) is 0 Å². The van der Waals surface area contributed by atoms with Crippen molar-refractivity contribution in [2.45, 2.75) is 209 Å². The predicted octanol–water partition coefficient (Wildman–Crippen LogP) is -0.636. The topological polar surface area (TPSA) is 302 Å². The first-order chi connectivity index (χ1) is 32.1. The zero-order valence-corrected chi connectivity index (χ0v) is 40.3. The van der Waals surface area contributed by atoms with Crippen LogP contribution in [-0.4, -0.2) is 200 Å². The van der Waals surface area contributed by atoms with E-state index in [-0.39, 0.29) is 60.1 Å². The summed E-state index contributed by atoms with van der Waals surface area (Å²) in [5.74, 6) is -0.645. The Balaban J connectivity index is 0.977. The van der Waals surface area contributed by atoms with Crippen molar-refractivity contribution in [1.29, 1.82) is 0 Å². The molecule has 390 valence electrons. The fraction of sp³-hybridized carbons (Fsp3) is 0.938. The second-order valence-corrected chi connectivity index (χ2v) is 21.9. The molecule has 10 N–H and O–H groups in total. The van der Waals surface area contributed by atoms with Gasteiger partial charge in [0.1, 0.15) is 73.8 Å². The number of hydrogen-bond acceptors (Lipinski definition) is 20. The van der Waals surface area contributed by atoms with E-state index < -0.39 is 135 Å². The van der Waals surface area contributed by atoms with Crippen LogP contribution in [0.1, 0.15) is 92.9 Å². The van der Waals surface area contributed by atoms with Gasteiger partial charge in [0.15, 0.2) is 24.7 Å². The Morgan fingerprint density at radius 2 is 1.50 bits per heavy atom. The summed E-state index contributed by atoms with van der Waals surface area (Å²) in [5.41, 5.74) is 0.355. The van der Waals surface area contributed by atoms with Gasteiger partial charge >= 0.3 is 5.97 Å². The quantitative estimate of drug-likeness (QED) is 0.0765. The lowest BCUT2D eigenvalue weighted by Gasteiger charge is -2.60. The molecule has 0 unspecified atom stereocenters. The smallest absolute Gasteiger partial charge is 0.302 e. The van der Waals surface area contributed by atoms with Crippen molar-refractivity contribution < 1.29 is 98.5 Å². The molecule has 0 aromatic carbocycles. The van der Waals surface area contributed by atoms with E-state index in [0.717, 1.165) is 31.3 Å². The second-order valence-electron chi connectivity index (χ2n) is 21.9. The first-order valence-electron chi connectivity index (χ1n) is 24.8. The number of esters is 1. The summed E-state index contributed by atoms with van der Waals surface area (Å²) in [6.07, 6.45) is -15.5. The van der Waals surface area contributed by atoms with E-state index in [0.29, 0.717) is 19.3 Å². The molecule has 0 spiro atoms. The molecule has 0 radical (unpaired) electrons. The average Bonchev–Trinajstić information content (AvgIpc) is 3.76. The van der Waals surface area contributed by atoms with Gasteiger partial charge in [-0.25, -0.2) is 0 Å². The molecule has 4 aliphatic carbocycles. The van der Waals surface area contributed by atoms with Gasteiger partial charge in [0.05, 0.1) is 37.6 Å². The molecular formula is C48H78O20. The van der Waals surface area contributed by atoms with Gasteiger partial charge in [-0.05, 0) is 80.5 Å². The van der Waals surface area contributed by atoms with Crippen LogP contribution < -0.4 is 0 Å². The average molecular weight is 975 g/mol. The Bertz CT molecular complexity index is 1770. The lowest BCUT2D eigenvalue weighted by molar-refractivity contribution is -0.374. The fourth-order valence-electron chi connectivity index (χ4n) is 14.1. The van der Waals surface area contributed by atoms with E-state index in [2.05, 4.69) is 26.8 Å². The highest BCUT2D eigenvalue weighted by Crippen LogP contribution is 2.70. The minimum absolute atomic E-state index is 0.0238. The summed E-state index contributed by atoms with van der Waals surface area (Å²) in [5, 5.41) is 107. The molecule has 8 aliphatic rings. The lowest BCUT2D eigenvalue weighted by atomic mass is 9.46. The number of hydrogen-bond donors (Lipinski definition) is 10. The first-order valence-corrected chi connectivity index (χ1v) is 24.8. The van der Waals surface area contributed by atoms with E-state index in [9.17, 15) is 55.9 Å². The van der Waals surface area contributed by atoms with E-state index >= 15 is 0 Å². The maximum atomic E-state index is 11.8. The Morgan fingerprint density at radius 3 is 2.19 bits per heavy atom. The molecule has 8 rings (SSSR count). The normalized spacial score (nSPS) is 52.8. The van der Waals surface area contributed by atoms with Gasteiger partial charge < -0.3 is 93.7 Å². The molecule has 3 saturated carbocycles. The van der Waals surface area contributed by atoms with Gasteiger partial charge in [-0.15, -0.1) is 0 Å². The summed E-state index contributed by atoms with van der Waals surface area (Å²) in [6.45, 7) is 10.7. The highest BCUT2D eigenvalue weighted by molar-refractivity contribution is 5.65. The number of carbonyl (C=O) groups excluding carboxylic acids is 1. The number of fused-ring (bicyclic) bond motifs is 7. The van der Waals surface area contributed by atoms with E-state index in [1.807, 2.05) is 6.92 Å². The highest BCUT2D eigenvalue weighted by Gasteiger charge is 2.69. The number of carbonyl (C=O) groups is 1. The zero-order chi connectivity index (χ0) is 49.4. The molecule has 4 aliphatic heterocycles. The minimum atomic E-state index is -1.73. The summed E-state index contributed by atoms with van der Waals surface area (Å²) in [4.78, 5) is 11.8. The molecule has 7 fully saturated rings. The van der Waals surface area contributed by atoms with Crippen molar-refractivity contribution in [2.75, 3.05) is 26.9 Å². The van der Waals surface area contributed by atoms with Crippen molar-refractivity contribution in [3.05, 3.63) is 11.6 Å². The molecule has 4 heterocycles. The second kappa shape index (κ2) is 20.4. The van der Waals surface area contributed by atoms with Crippen molar-refractivity contribution in [3.8, 4) is 0 Å². The van der Waals surface area contributed by atoms with Gasteiger partial charge in [0, 0.05) is 38.2 Å². The highest BCUT2D eigenvalue weighted by atomic mass is 16.8. The third kappa shape index (κ3) is 9.27. The maximum Gasteiger partial charge on any atom is 0.302 e. The van der Waals surface area contributed by atoms with Crippen LogP contribution in [0.15, 0.2) is 11.6 Å². The number of ether oxygens (including phenoxy) is 9. The summed E-state index contributed by atoms with van der Waals surface area (Å²) in [6, 6.07) is 0. The maximum absolute atomic E-state index is 11.8. The Hall–Kier alpha value is -1.51. The lowest BCUT2D eigenvalue weighted by Crippen LogP contribution is -2.65. The molecule has 68 heavy (non-hydrogen) atoms. The van der Waals surface area contributed by atoms with Crippen LogP contribution in [0.5, 0.6) is 0 Å². The predicted molar refractivity (Wildman–Crippen MR) is 233 cm³/mol. The Labute approximate surface area is 397 Å². The van der Waals surface area contributed by atoms with Crippen LogP contribution in [0.2, 0.25) is 0 Å². The molecule has 4 saturated heterocycles. The fourth-order valence-corrected chi connectivity index (χ4v) is 14.1. The Morgan fingerprint density at radius 1 is 0.824 bits per heavy atom. The molecule has 27 atom stereocenters. The van der Waals surface area contributed by atoms with Gasteiger partial charge in [0.25, 0.3) is 0 Å². The molecule has 0 amide bonds. The standard InChI is InChI=1S/C48H78O20/c1-20(18-62-43-40(58)38(56)35(53)30(17-49)64-43)10-13-48(60-7)21(2)33-29(68-48)16-28-26-9-8-24-14-25(51)15-32(47(24,6)27(26)11-12-46(28,33)5)66-45-42(39(57)36(54)31(65-45)19-61-23(4)50)67-44-41(59)37(55)34(52)22(3)63-44/h8,20-22,25-45,49,51-59H,9-19H2,1-7H3/t20-,21+,22+,25-,26+,27-,28-,29+,30-,31-,32-,33+,34+,35-,36+,37-,38+,39+,40-,41-,42-,43-,44+,45+,46+,47+,48-/m1/s1. The van der Waals surface area contributed by atoms with E-state index in [1.165, 1.54) is 13.8 Å². The molecular weight excluding hydrogens is 897 g/mol. The zero-order valence-electron chi connectivity index (χ0n) is 40.3. The van der Waals surface area contributed by atoms with Gasteiger partial charge in [-0.2, -0.15) is 0 Å². The van der Waals surface area contributed by atoms with E-state index in [1.54, 1.807) is 7.11 Å². The SMILES string of the molecule is CO[C@]1(CC[C@@H](C)CO[C@@H]2O[C@H](CO)[C@@H](O)[C@H](O)[C@H]2O)O[C@H]2C[C@@H]3[C@H]4CC=C5C[C@@H](O)C[C@@H](O[C@@H]6O[C@H](COC(C)=O)[C@H](O)[C@H](O)[C@H]6O[C@@H]6O[C@@H](C)[C@H](O)[C@@H](O)[C@H]6O)[C@]5(C)[C@@H]4CC[C@]3(C)[C@H]2[C@@H]1C. The number of methoxy groups -OCH3 is 1. The van der Waals surface area contributed by atoms with Gasteiger partial charge in [-0.3, -0.25) is 4.79 Å². The summed E-state index contributed by atoms with van der Waals surface area (Å²) >= 11 is 0. The van der Waals surface area contributed by atoms with Crippen LogP contribution in [0, 0.1) is 46.3 Å². The van der Waals surface area contributed by atoms with Crippen LogP contribution in [-0.2, 0) is 47.4 Å². The minimum Gasteiger partial charge on any atom is -0.463 e. The molecule has 0 bridgehead atoms. The number of rotatable bonds is 14. The van der Waals surface area contributed by atoms with Crippen LogP contribution in [0.3, 0.4) is 0 Å². The third-order valence-corrected chi connectivity index (χ3v) is 18.0. The van der Waals surface area contributed by atoms with E-state index in [4.69, 9.17) is 42.6 Å². The third-order valence-electron chi connectivity index (χ3n) is 18.0. The van der Waals surface area contributed by atoms with Crippen LogP contribution in [0.4, 0.5) is 0 Å².